The summed E-state index contributed by atoms with van der Waals surface area (Å²) in [5, 5.41) is 41.3. The Morgan fingerprint density at radius 1 is 0.211 bits per heavy atom. The summed E-state index contributed by atoms with van der Waals surface area (Å²) in [6.07, 6.45) is 0. The van der Waals surface area contributed by atoms with Crippen molar-refractivity contribution in [3.8, 4) is 34.9 Å². The molecule has 0 bridgehead atoms. The van der Waals surface area contributed by atoms with Gasteiger partial charge in [0.1, 0.15) is 45.6 Å². The first-order valence-corrected chi connectivity index (χ1v) is 30.0. The maximum absolute atomic E-state index is 13.2. The second kappa shape index (κ2) is 17.0. The fourth-order valence-corrected chi connectivity index (χ4v) is 15.6. The van der Waals surface area contributed by atoms with E-state index in [1.165, 1.54) is 0 Å². The minimum atomic E-state index is 0.231. The lowest BCUT2D eigenvalue weighted by Crippen LogP contribution is -2.17. The van der Waals surface area contributed by atoms with Crippen molar-refractivity contribution in [2.45, 2.75) is 0 Å². The average Bonchev–Trinajstić information content (AvgIpc) is 1.48. The van der Waals surface area contributed by atoms with Crippen molar-refractivity contribution in [2.24, 2.45) is 0 Å². The summed E-state index contributed by atoms with van der Waals surface area (Å²) in [7, 11) is 0. The molecule has 21 rings (SSSR count). The first-order chi connectivity index (χ1) is 44.6. The summed E-state index contributed by atoms with van der Waals surface area (Å²) in [5.41, 5.74) is 14.1. The molecule has 0 spiro atoms. The molecule has 8 heterocycles. The lowest BCUT2D eigenvalue weighted by molar-refractivity contribution is 0.670. The summed E-state index contributed by atoms with van der Waals surface area (Å²) in [5.74, 6) is 0. The average molecular weight is 1150 g/mol. The summed E-state index contributed by atoms with van der Waals surface area (Å²) < 4.78 is 37.7. The van der Waals surface area contributed by atoms with Crippen molar-refractivity contribution < 1.29 is 17.7 Å². The molecule has 0 aliphatic carbocycles. The number of nitriles is 2. The highest BCUT2D eigenvalue weighted by molar-refractivity contribution is 6.27. The van der Waals surface area contributed by atoms with Gasteiger partial charge in [-0.25, -0.2) is 0 Å². The molecule has 0 radical (unpaired) electrons. The molecule has 414 valence electrons. The van der Waals surface area contributed by atoms with Gasteiger partial charge in [-0.1, -0.05) is 170 Å². The van der Waals surface area contributed by atoms with Crippen LogP contribution in [-0.2, 0) is 0 Å². The van der Waals surface area contributed by atoms with Gasteiger partial charge in [0, 0.05) is 86.2 Å². The van der Waals surface area contributed by atoms with Crippen LogP contribution in [0.15, 0.2) is 260 Å². The Morgan fingerprint density at radius 2 is 0.433 bits per heavy atom. The molecule has 0 fully saturated rings. The molecule has 90 heavy (non-hydrogen) atoms. The molecule has 0 saturated carbocycles. The summed E-state index contributed by atoms with van der Waals surface area (Å²) in [4.78, 5) is 0. The maximum Gasteiger partial charge on any atom is 0.160 e. The number of aromatic nitrogens is 4. The fourth-order valence-electron chi connectivity index (χ4n) is 15.6. The van der Waals surface area contributed by atoms with Gasteiger partial charge >= 0.3 is 0 Å². The molecular formula is C80H40N6O4. The van der Waals surface area contributed by atoms with Crippen molar-refractivity contribution in [3.05, 3.63) is 254 Å². The topological polar surface area (TPSA) is 120 Å². The van der Waals surface area contributed by atoms with Gasteiger partial charge in [0.05, 0.1) is 66.9 Å². The van der Waals surface area contributed by atoms with E-state index in [0.717, 1.165) is 147 Å². The summed E-state index contributed by atoms with van der Waals surface area (Å²) >= 11 is 0. The zero-order valence-corrected chi connectivity index (χ0v) is 47.4. The van der Waals surface area contributed by atoms with E-state index >= 15 is 0 Å². The second-order valence-electron chi connectivity index (χ2n) is 23.5. The van der Waals surface area contributed by atoms with Crippen LogP contribution in [0.5, 0.6) is 0 Å². The van der Waals surface area contributed by atoms with Gasteiger partial charge in [0.25, 0.3) is 0 Å². The molecule has 0 N–H and O–H groups in total. The van der Waals surface area contributed by atoms with Crippen LogP contribution in [-0.4, -0.2) is 18.3 Å². The van der Waals surface area contributed by atoms with Gasteiger partial charge in [-0.15, -0.1) is 0 Å². The van der Waals surface area contributed by atoms with Crippen molar-refractivity contribution >= 4 is 175 Å². The third-order valence-electron chi connectivity index (χ3n) is 19.2. The first kappa shape index (κ1) is 47.5. The summed E-state index contributed by atoms with van der Waals surface area (Å²) in [6, 6.07) is 89.3. The van der Waals surface area contributed by atoms with Crippen LogP contribution in [0.25, 0.3) is 198 Å². The van der Waals surface area contributed by atoms with Crippen LogP contribution >= 0.6 is 0 Å². The lowest BCUT2D eigenvalue weighted by Gasteiger charge is -2.27. The van der Waals surface area contributed by atoms with Gasteiger partial charge in [0.2, 0.25) is 0 Å². The number of nitrogens with zero attached hydrogens (tertiary/aromatic N) is 6. The van der Waals surface area contributed by atoms with Gasteiger partial charge in [0.15, 0.2) is 22.3 Å². The van der Waals surface area contributed by atoms with E-state index in [0.29, 0.717) is 50.6 Å². The number of benzene rings is 13. The SMILES string of the molecule is N#Cc1c(-n2c3ccccc3c3ccc4c5ccccc5oc4c32)c(C#N)c(-n2c3ccccc3c3ccc4c5ccccc5oc4c32)c(-n2c3ccccc3c3ccc4c5ccccc5oc4c32)c1-n1c2ccccc2c2ccc3c4ccccc4oc3c21. The highest BCUT2D eigenvalue weighted by Gasteiger charge is 2.37. The zero-order chi connectivity index (χ0) is 58.8. The van der Waals surface area contributed by atoms with Gasteiger partial charge < -0.3 is 35.9 Å². The number of para-hydroxylation sites is 8. The van der Waals surface area contributed by atoms with Gasteiger partial charge in [-0.05, 0) is 72.8 Å². The molecule has 0 unspecified atom stereocenters. The number of fused-ring (bicyclic) bond motifs is 28. The standard InChI is InChI=1S/C80H40N6O4/c81-41-59-69(83-61-25-9-1-17-43(61)51-33-37-55-47-21-5-13-29-65(47)87-77(55)72(51)83)60(42-82)71(85-63-27-11-3-19-45(63)53-35-39-57-49-23-7-15-31-67(49)89-79(57)74(53)85)76(86-64-28-12-4-20-46(64)54-36-40-58-50-24-8-16-32-68(50)90-80(58)75(54)86)70(59)84-62-26-10-2-18-44(62)52-34-38-56-48-22-6-14-30-66(48)88-78(56)73(52)84/h1-40H. The molecule has 0 aliphatic heterocycles. The Bertz CT molecular complexity index is 6720. The Morgan fingerprint density at radius 3 is 0.711 bits per heavy atom. The van der Waals surface area contributed by atoms with E-state index in [9.17, 15) is 10.5 Å². The molecule has 21 aromatic rings. The van der Waals surface area contributed by atoms with Crippen LogP contribution < -0.4 is 0 Å². The van der Waals surface area contributed by atoms with E-state index in [2.05, 4.69) is 188 Å². The van der Waals surface area contributed by atoms with Crippen LogP contribution in [0.4, 0.5) is 0 Å². The third kappa shape index (κ3) is 5.81. The zero-order valence-electron chi connectivity index (χ0n) is 47.4. The smallest absolute Gasteiger partial charge is 0.160 e. The minimum absolute atomic E-state index is 0.231. The van der Waals surface area contributed by atoms with E-state index in [4.69, 9.17) is 17.7 Å². The van der Waals surface area contributed by atoms with Crippen molar-refractivity contribution in [2.75, 3.05) is 0 Å². The molecule has 8 aromatic heterocycles. The molecule has 0 saturated heterocycles. The highest BCUT2D eigenvalue weighted by atomic mass is 16.3. The fraction of sp³-hybridized carbons (Fsp3) is 0. The Kier molecular flexibility index (Phi) is 8.98. The molecule has 10 heteroatoms. The quantitative estimate of drug-likeness (QED) is 0.173. The second-order valence-corrected chi connectivity index (χ2v) is 23.5. The number of furan rings is 4. The molecule has 0 atom stereocenters. The Balaban J connectivity index is 1.11. The maximum atomic E-state index is 13.2. The monoisotopic (exact) mass is 1150 g/mol. The summed E-state index contributed by atoms with van der Waals surface area (Å²) in [6.45, 7) is 0. The van der Waals surface area contributed by atoms with Crippen molar-refractivity contribution in [3.63, 3.8) is 0 Å². The Labute approximate surface area is 507 Å². The molecular weight excluding hydrogens is 1110 g/mol. The third-order valence-corrected chi connectivity index (χ3v) is 19.2. The van der Waals surface area contributed by atoms with Crippen LogP contribution in [0, 0.1) is 22.7 Å². The molecule has 0 aliphatic rings. The normalized spacial score (nSPS) is 12.4. The van der Waals surface area contributed by atoms with Crippen molar-refractivity contribution in [1.82, 2.24) is 18.3 Å². The highest BCUT2D eigenvalue weighted by Crippen LogP contribution is 2.53. The Hall–Kier alpha value is -12.8. The number of hydrogen-bond acceptors (Lipinski definition) is 6. The van der Waals surface area contributed by atoms with Crippen LogP contribution in [0.2, 0.25) is 0 Å². The largest absolute Gasteiger partial charge is 0.454 e. The van der Waals surface area contributed by atoms with Gasteiger partial charge in [-0.3, -0.25) is 0 Å². The number of hydrogen-bond donors (Lipinski definition) is 0. The predicted molar refractivity (Wildman–Crippen MR) is 362 cm³/mol. The van der Waals surface area contributed by atoms with Gasteiger partial charge in [-0.2, -0.15) is 10.5 Å². The predicted octanol–water partition coefficient (Wildman–Crippen LogP) is 21.4. The van der Waals surface area contributed by atoms with E-state index in [-0.39, 0.29) is 11.1 Å². The number of rotatable bonds is 4. The van der Waals surface area contributed by atoms with E-state index in [1.807, 2.05) is 84.9 Å². The van der Waals surface area contributed by atoms with Crippen LogP contribution in [0.3, 0.4) is 0 Å². The van der Waals surface area contributed by atoms with Crippen molar-refractivity contribution in [1.29, 1.82) is 10.5 Å². The van der Waals surface area contributed by atoms with E-state index in [1.54, 1.807) is 0 Å². The minimum Gasteiger partial charge on any atom is -0.454 e. The van der Waals surface area contributed by atoms with E-state index < -0.39 is 0 Å². The van der Waals surface area contributed by atoms with Crippen LogP contribution in [0.1, 0.15) is 11.1 Å². The molecule has 13 aromatic carbocycles. The molecule has 0 amide bonds. The molecule has 10 nitrogen and oxygen atoms in total. The lowest BCUT2D eigenvalue weighted by atomic mass is 9.98. The first-order valence-electron chi connectivity index (χ1n) is 30.0.